The molecule has 0 amide bonds. The number of aliphatic imine (C=N–C) groups is 2. The van der Waals surface area contributed by atoms with Crippen LogP contribution in [0.15, 0.2) is 75.2 Å². The third kappa shape index (κ3) is 5.32. The number of nitrogens with zero attached hydrogens (tertiary/aromatic N) is 3. The lowest BCUT2D eigenvalue weighted by molar-refractivity contribution is 0.103. The van der Waals surface area contributed by atoms with E-state index in [1.165, 1.54) is 6.34 Å². The second-order valence-corrected chi connectivity index (χ2v) is 6.56. The highest BCUT2D eigenvalue weighted by molar-refractivity contribution is 6.09. The first-order chi connectivity index (χ1) is 14.6. The van der Waals surface area contributed by atoms with E-state index in [2.05, 4.69) is 25.8 Å². The van der Waals surface area contributed by atoms with Gasteiger partial charge in [0.15, 0.2) is 11.7 Å². The molecule has 1 atom stereocenters. The van der Waals surface area contributed by atoms with Crippen LogP contribution in [0.3, 0.4) is 0 Å². The predicted molar refractivity (Wildman–Crippen MR) is 118 cm³/mol. The molecular weight excluding hydrogens is 380 g/mol. The average Bonchev–Trinajstić information content (AvgIpc) is 3.27. The van der Waals surface area contributed by atoms with Crippen LogP contribution in [0.25, 0.3) is 0 Å². The molecule has 1 aromatic heterocycles. The van der Waals surface area contributed by atoms with Crippen LogP contribution in [0.2, 0.25) is 0 Å². The van der Waals surface area contributed by atoms with E-state index in [0.717, 1.165) is 11.3 Å². The molecule has 0 spiro atoms. The summed E-state index contributed by atoms with van der Waals surface area (Å²) in [6.07, 6.45) is 1.49. The van der Waals surface area contributed by atoms with Crippen molar-refractivity contribution in [3.8, 4) is 0 Å². The second-order valence-electron chi connectivity index (χ2n) is 6.56. The normalized spacial score (nSPS) is 12.7. The van der Waals surface area contributed by atoms with Crippen LogP contribution in [0, 0.1) is 0 Å². The number of carbonyl (C=O) groups excluding carboxylic acids is 1. The van der Waals surface area contributed by atoms with Crippen LogP contribution < -0.4 is 16.4 Å². The molecule has 8 heteroatoms. The molecule has 0 saturated carbocycles. The summed E-state index contributed by atoms with van der Waals surface area (Å²) in [6.45, 7) is 2.30. The molecule has 1 heterocycles. The van der Waals surface area contributed by atoms with E-state index in [0.29, 0.717) is 23.0 Å². The van der Waals surface area contributed by atoms with Crippen LogP contribution in [-0.2, 0) is 0 Å². The van der Waals surface area contributed by atoms with Crippen LogP contribution in [-0.4, -0.2) is 37.0 Å². The Morgan fingerprint density at radius 3 is 2.70 bits per heavy atom. The summed E-state index contributed by atoms with van der Waals surface area (Å²) in [6, 6.07) is 18.6. The number of hydrogen-bond acceptors (Lipinski definition) is 5. The molecule has 154 valence electrons. The number of benzene rings is 2. The first-order valence-electron chi connectivity index (χ1n) is 9.45. The average molecular weight is 404 g/mol. The van der Waals surface area contributed by atoms with Crippen LogP contribution >= 0.6 is 0 Å². The summed E-state index contributed by atoms with van der Waals surface area (Å²) in [5.74, 6) is 0.725. The van der Waals surface area contributed by atoms with Crippen molar-refractivity contribution in [3.05, 3.63) is 83.0 Å². The molecular formula is C22H24N6O2. The van der Waals surface area contributed by atoms with Gasteiger partial charge in [0.2, 0.25) is 5.88 Å². The van der Waals surface area contributed by atoms with Crippen molar-refractivity contribution in [2.75, 3.05) is 19.0 Å². The number of rotatable bonds is 8. The SMILES string of the molecule is CN=C(N)NCN=CNc1cc(C(C)c2cccc(C(=O)c3ccccc3)c2)no1. The number of nitrogens with one attached hydrogen (secondary N) is 2. The van der Waals surface area contributed by atoms with Gasteiger partial charge in [-0.05, 0) is 11.6 Å². The molecule has 0 fully saturated rings. The van der Waals surface area contributed by atoms with Gasteiger partial charge in [-0.25, -0.2) is 0 Å². The fourth-order valence-electron chi connectivity index (χ4n) is 2.80. The Labute approximate surface area is 174 Å². The van der Waals surface area contributed by atoms with E-state index in [4.69, 9.17) is 10.3 Å². The number of carbonyl (C=O) groups is 1. The Morgan fingerprint density at radius 1 is 1.17 bits per heavy atom. The van der Waals surface area contributed by atoms with Crippen molar-refractivity contribution in [3.63, 3.8) is 0 Å². The summed E-state index contributed by atoms with van der Waals surface area (Å²) in [5.41, 5.74) is 8.54. The topological polar surface area (TPSA) is 118 Å². The monoisotopic (exact) mass is 404 g/mol. The predicted octanol–water partition coefficient (Wildman–Crippen LogP) is 2.99. The molecule has 1 unspecified atom stereocenters. The largest absolute Gasteiger partial charge is 0.370 e. The van der Waals surface area contributed by atoms with E-state index in [1.807, 2.05) is 61.5 Å². The van der Waals surface area contributed by atoms with Gasteiger partial charge < -0.3 is 20.9 Å². The maximum absolute atomic E-state index is 12.7. The number of nitrogens with two attached hydrogens (primary N) is 1. The number of hydrogen-bond donors (Lipinski definition) is 3. The molecule has 0 radical (unpaired) electrons. The van der Waals surface area contributed by atoms with Gasteiger partial charge in [0.25, 0.3) is 0 Å². The Hall–Kier alpha value is -3.94. The van der Waals surface area contributed by atoms with Gasteiger partial charge in [-0.3, -0.25) is 14.8 Å². The summed E-state index contributed by atoms with van der Waals surface area (Å²) < 4.78 is 5.32. The van der Waals surface area contributed by atoms with Crippen molar-refractivity contribution < 1.29 is 9.32 Å². The third-order valence-electron chi connectivity index (χ3n) is 4.55. The lowest BCUT2D eigenvalue weighted by Gasteiger charge is -2.10. The number of aromatic nitrogens is 1. The van der Waals surface area contributed by atoms with Crippen LogP contribution in [0.5, 0.6) is 0 Å². The lowest BCUT2D eigenvalue weighted by Crippen LogP contribution is -2.31. The van der Waals surface area contributed by atoms with Gasteiger partial charge in [-0.2, -0.15) is 0 Å². The van der Waals surface area contributed by atoms with Crippen LogP contribution in [0.4, 0.5) is 5.88 Å². The zero-order valence-electron chi connectivity index (χ0n) is 16.9. The molecule has 2 aromatic carbocycles. The number of ketones is 1. The lowest BCUT2D eigenvalue weighted by atomic mass is 9.94. The first kappa shape index (κ1) is 20.8. The Balaban J connectivity index is 1.65. The summed E-state index contributed by atoms with van der Waals surface area (Å²) >= 11 is 0. The van der Waals surface area contributed by atoms with E-state index in [9.17, 15) is 4.79 Å². The van der Waals surface area contributed by atoms with Crippen molar-refractivity contribution in [2.45, 2.75) is 12.8 Å². The zero-order valence-corrected chi connectivity index (χ0v) is 16.9. The van der Waals surface area contributed by atoms with E-state index < -0.39 is 0 Å². The Bertz CT molecular complexity index is 1040. The smallest absolute Gasteiger partial charge is 0.229 e. The molecule has 0 aliphatic heterocycles. The summed E-state index contributed by atoms with van der Waals surface area (Å²) in [4.78, 5) is 20.6. The molecule has 0 aliphatic rings. The molecule has 0 bridgehead atoms. The minimum absolute atomic E-state index is 0.00858. The highest BCUT2D eigenvalue weighted by Crippen LogP contribution is 2.26. The first-order valence-corrected chi connectivity index (χ1v) is 9.45. The Kier molecular flexibility index (Phi) is 6.94. The van der Waals surface area contributed by atoms with Gasteiger partial charge in [0.05, 0.1) is 12.0 Å². The number of anilines is 1. The fraction of sp³-hybridized carbons (Fsp3) is 0.182. The molecule has 30 heavy (non-hydrogen) atoms. The summed E-state index contributed by atoms with van der Waals surface area (Å²) in [5, 5.41) is 9.85. The van der Waals surface area contributed by atoms with Gasteiger partial charge in [-0.15, -0.1) is 0 Å². The van der Waals surface area contributed by atoms with Gasteiger partial charge in [0, 0.05) is 30.2 Å². The molecule has 4 N–H and O–H groups in total. The molecule has 0 saturated heterocycles. The Morgan fingerprint density at radius 2 is 1.93 bits per heavy atom. The van der Waals surface area contributed by atoms with Gasteiger partial charge in [-0.1, -0.05) is 60.6 Å². The van der Waals surface area contributed by atoms with Crippen molar-refractivity contribution in [1.29, 1.82) is 0 Å². The quantitative estimate of drug-likeness (QED) is 0.302. The van der Waals surface area contributed by atoms with Crippen LogP contribution in [0.1, 0.15) is 40.0 Å². The standard InChI is InChI=1S/C22H24N6O2/c1-15(19-12-20(30-28-19)26-13-25-14-27-22(23)24-2)17-9-6-10-18(11-17)21(29)16-7-4-3-5-8-16/h3-13,15H,14H2,1-2H3,(H,25,26)(H3,23,24,27). The molecule has 0 aliphatic carbocycles. The number of guanidine groups is 1. The molecule has 3 rings (SSSR count). The van der Waals surface area contributed by atoms with E-state index in [-0.39, 0.29) is 18.4 Å². The van der Waals surface area contributed by atoms with Crippen molar-refractivity contribution in [1.82, 2.24) is 10.5 Å². The van der Waals surface area contributed by atoms with E-state index >= 15 is 0 Å². The third-order valence-corrected chi connectivity index (χ3v) is 4.55. The second kappa shape index (κ2) is 10.0. The maximum Gasteiger partial charge on any atom is 0.229 e. The highest BCUT2D eigenvalue weighted by Gasteiger charge is 2.16. The molecule has 8 nitrogen and oxygen atoms in total. The fourth-order valence-corrected chi connectivity index (χ4v) is 2.80. The minimum Gasteiger partial charge on any atom is -0.370 e. The van der Waals surface area contributed by atoms with Crippen molar-refractivity contribution in [2.24, 2.45) is 15.7 Å². The van der Waals surface area contributed by atoms with Gasteiger partial charge >= 0.3 is 0 Å². The molecule has 3 aromatic rings. The minimum atomic E-state index is -0.0491. The van der Waals surface area contributed by atoms with Crippen molar-refractivity contribution >= 4 is 24.0 Å². The van der Waals surface area contributed by atoms with E-state index in [1.54, 1.807) is 13.1 Å². The summed E-state index contributed by atoms with van der Waals surface area (Å²) in [7, 11) is 1.59. The maximum atomic E-state index is 12.7. The van der Waals surface area contributed by atoms with Gasteiger partial charge in [0.1, 0.15) is 6.67 Å². The zero-order chi connectivity index (χ0) is 21.3. The highest BCUT2D eigenvalue weighted by atomic mass is 16.5.